The van der Waals surface area contributed by atoms with Gasteiger partial charge in [0.15, 0.2) is 0 Å². The van der Waals surface area contributed by atoms with Crippen molar-refractivity contribution in [3.8, 4) is 0 Å². The summed E-state index contributed by atoms with van der Waals surface area (Å²) in [5.74, 6) is -0.310. The summed E-state index contributed by atoms with van der Waals surface area (Å²) in [6.07, 6.45) is 3.44. The van der Waals surface area contributed by atoms with Crippen LogP contribution in [0, 0.1) is 0 Å². The van der Waals surface area contributed by atoms with Crippen LogP contribution in [0.15, 0.2) is 12.7 Å². The maximum atomic E-state index is 10.7. The number of hydrogen-bond donors (Lipinski definition) is 3. The Morgan fingerprint density at radius 1 is 1.56 bits per heavy atom. The van der Waals surface area contributed by atoms with Gasteiger partial charge in [0, 0.05) is 0 Å². The van der Waals surface area contributed by atoms with Crippen LogP contribution in [0.1, 0.15) is 19.8 Å². The average molecular weight is 278 g/mol. The largest absolute Gasteiger partial charge is 0.466 e. The van der Waals surface area contributed by atoms with E-state index in [1.165, 1.54) is 13.0 Å². The van der Waals surface area contributed by atoms with Gasteiger partial charge in [0.25, 0.3) is 0 Å². The molecule has 6 nitrogen and oxygen atoms in total. The summed E-state index contributed by atoms with van der Waals surface area (Å²) >= 11 is 0.926. The molecular weight excluding hydrogens is 262 g/mol. The van der Waals surface area contributed by atoms with Crippen molar-refractivity contribution in [1.29, 1.82) is 0 Å². The molecule has 0 aliphatic carbocycles. The second-order valence-corrected chi connectivity index (χ2v) is 5.70. The molecule has 0 fully saturated rings. The quantitative estimate of drug-likeness (QED) is 0.293. The van der Waals surface area contributed by atoms with Crippen molar-refractivity contribution in [2.75, 3.05) is 0 Å². The molecule has 0 saturated carbocycles. The standard InChI is InChI=1S/C8H13O2.K.H3O4P/c1-4-6-7(3)10-8(9)5-2;;1-5(2,3)4/h5,7H,1-2,4,6H2,3H3;;(H3,1,2,3,4). The minimum absolute atomic E-state index is 0.0582. The summed E-state index contributed by atoms with van der Waals surface area (Å²) in [7, 11) is -4.64. The molecule has 0 aromatic rings. The van der Waals surface area contributed by atoms with Gasteiger partial charge in [0.2, 0.25) is 0 Å². The first kappa shape index (κ1) is 19.3. The molecule has 0 aromatic heterocycles. The van der Waals surface area contributed by atoms with Crippen LogP contribution >= 0.6 is 7.82 Å². The Hall–Kier alpha value is 0.956. The number of hydrogen-bond acceptors (Lipinski definition) is 3. The van der Waals surface area contributed by atoms with Gasteiger partial charge in [-0.05, 0) is 0 Å². The predicted octanol–water partition coefficient (Wildman–Crippen LogP) is 0.542. The van der Waals surface area contributed by atoms with E-state index in [1.807, 2.05) is 6.92 Å². The van der Waals surface area contributed by atoms with Gasteiger partial charge < -0.3 is 14.7 Å². The van der Waals surface area contributed by atoms with Crippen LogP contribution < -0.4 is 0 Å². The molecule has 0 aliphatic heterocycles. The molecule has 0 heterocycles. The summed E-state index contributed by atoms with van der Waals surface area (Å²) in [6.45, 7) is 5.25. The van der Waals surface area contributed by atoms with Crippen molar-refractivity contribution < 1.29 is 28.8 Å². The van der Waals surface area contributed by atoms with Gasteiger partial charge in [-0.15, -0.1) is 0 Å². The first-order valence-corrected chi connectivity index (χ1v) is 8.59. The zero-order valence-corrected chi connectivity index (χ0v) is 13.5. The topological polar surface area (TPSA) is 104 Å². The van der Waals surface area contributed by atoms with Crippen LogP contribution in [0.4, 0.5) is 0 Å². The van der Waals surface area contributed by atoms with Gasteiger partial charge in [-0.25, -0.2) is 4.57 Å². The molecule has 0 aliphatic rings. The van der Waals surface area contributed by atoms with Crippen LogP contribution in [-0.4, -0.2) is 75.7 Å². The molecule has 0 amide bonds. The summed E-state index contributed by atoms with van der Waals surface area (Å²) in [5, 5.41) is 0. The molecule has 0 aromatic carbocycles. The zero-order valence-electron chi connectivity index (χ0n) is 9.50. The van der Waals surface area contributed by atoms with Crippen LogP contribution in [0.5, 0.6) is 0 Å². The molecule has 0 spiro atoms. The second-order valence-electron chi connectivity index (χ2n) is 3.11. The fourth-order valence-corrected chi connectivity index (χ4v) is 1.43. The molecule has 8 heteroatoms. The molecule has 0 bridgehead atoms. The third kappa shape index (κ3) is 24.3. The SMILES string of the molecule is C=CC(=O)OC(C)CC[CH2][K].O=P(O)(O)O. The Balaban J connectivity index is 0. The normalized spacial score (nSPS) is 12.1. The number of carbonyl (C=O) groups is 1. The zero-order chi connectivity index (χ0) is 13.2. The maximum absolute atomic E-state index is 10.7. The first-order chi connectivity index (χ1) is 7.20. The molecule has 3 N–H and O–H groups in total. The number of carbonyl (C=O) groups excluding carboxylic acids is 1. The Bertz CT molecular complexity index is 243. The summed E-state index contributed by atoms with van der Waals surface area (Å²) in [4.78, 5) is 32.2. The minimum atomic E-state index is -4.64. The summed E-state index contributed by atoms with van der Waals surface area (Å²) in [6, 6.07) is 0. The Labute approximate surface area is 129 Å². The fraction of sp³-hybridized carbons (Fsp3) is 0.625. The smallest absolute Gasteiger partial charge is 0.303 e. The Kier molecular flexibility index (Phi) is 13.4. The Morgan fingerprint density at radius 3 is 2.31 bits per heavy atom. The van der Waals surface area contributed by atoms with E-state index in [9.17, 15) is 4.79 Å². The van der Waals surface area contributed by atoms with E-state index < -0.39 is 7.82 Å². The van der Waals surface area contributed by atoms with Crippen LogP contribution in [-0.2, 0) is 14.1 Å². The predicted molar refractivity (Wildman–Crippen MR) is 59.8 cm³/mol. The van der Waals surface area contributed by atoms with E-state index in [0.29, 0.717) is 0 Å². The van der Waals surface area contributed by atoms with Crippen LogP contribution in [0.2, 0.25) is 0.515 Å². The van der Waals surface area contributed by atoms with Crippen molar-refractivity contribution >= 4 is 62.7 Å². The minimum Gasteiger partial charge on any atom is -0.303 e. The van der Waals surface area contributed by atoms with E-state index in [-0.39, 0.29) is 12.1 Å². The number of ether oxygens (including phenoxy) is 1. The third-order valence-corrected chi connectivity index (χ3v) is 2.55. The molecule has 1 atom stereocenters. The van der Waals surface area contributed by atoms with Crippen molar-refractivity contribution in [3.63, 3.8) is 0 Å². The van der Waals surface area contributed by atoms with Gasteiger partial charge in [-0.1, -0.05) is 0 Å². The van der Waals surface area contributed by atoms with Crippen molar-refractivity contribution in [2.24, 2.45) is 0 Å². The molecule has 0 rings (SSSR count). The van der Waals surface area contributed by atoms with Gasteiger partial charge >= 0.3 is 111 Å². The van der Waals surface area contributed by atoms with Crippen molar-refractivity contribution in [3.05, 3.63) is 12.7 Å². The number of phosphoric acid groups is 1. The molecule has 16 heavy (non-hydrogen) atoms. The van der Waals surface area contributed by atoms with Gasteiger partial charge in [0.05, 0.1) is 0 Å². The fourth-order valence-electron chi connectivity index (χ4n) is 0.797. The van der Waals surface area contributed by atoms with Crippen LogP contribution in [0.3, 0.4) is 0 Å². The maximum Gasteiger partial charge on any atom is 0.466 e. The van der Waals surface area contributed by atoms with E-state index in [0.717, 1.165) is 55.4 Å². The van der Waals surface area contributed by atoms with Gasteiger partial charge in [0.1, 0.15) is 0 Å². The summed E-state index contributed by atoms with van der Waals surface area (Å²) in [5.41, 5.74) is 0. The van der Waals surface area contributed by atoms with Crippen LogP contribution in [0.25, 0.3) is 0 Å². The molecule has 90 valence electrons. The molecule has 1 unspecified atom stereocenters. The molecule has 0 saturated heterocycles. The van der Waals surface area contributed by atoms with Gasteiger partial charge in [-0.2, -0.15) is 0 Å². The first-order valence-electron chi connectivity index (χ1n) is 4.82. The van der Waals surface area contributed by atoms with E-state index in [1.54, 1.807) is 0 Å². The van der Waals surface area contributed by atoms with E-state index in [2.05, 4.69) is 6.58 Å². The van der Waals surface area contributed by atoms with Crippen molar-refractivity contribution in [1.82, 2.24) is 0 Å². The van der Waals surface area contributed by atoms with Crippen molar-refractivity contribution in [2.45, 2.75) is 26.4 Å². The van der Waals surface area contributed by atoms with Gasteiger partial charge in [-0.3, -0.25) is 0 Å². The number of esters is 1. The number of rotatable bonds is 5. The molecule has 0 radical (unpaired) electrons. The third-order valence-electron chi connectivity index (χ3n) is 1.45. The van der Waals surface area contributed by atoms with E-state index >= 15 is 0 Å². The molecular formula is C8H16KO6P. The monoisotopic (exact) mass is 278 g/mol. The summed E-state index contributed by atoms with van der Waals surface area (Å²) < 4.78 is 15.2. The van der Waals surface area contributed by atoms with E-state index in [4.69, 9.17) is 24.0 Å². The Morgan fingerprint density at radius 2 is 2.00 bits per heavy atom. The second kappa shape index (κ2) is 11.1. The average Bonchev–Trinajstić information content (AvgIpc) is 2.11.